The van der Waals surface area contributed by atoms with Crippen LogP contribution in [0.3, 0.4) is 0 Å². The largest absolute Gasteiger partial charge is 0.423 e. The standard InChI is InChI=1S/C14H10N4O3/c19-12-7-10(5-6-15-12)13(20)17-11-3-1-9(2-4-11)14-18-16-8-21-14/h1-8H,(H,15,19)(H,17,20). The summed E-state index contributed by atoms with van der Waals surface area (Å²) in [5.74, 6) is 0.0501. The number of H-pyrrole nitrogens is 1. The molecule has 0 fully saturated rings. The van der Waals surface area contributed by atoms with Gasteiger partial charge in [0.25, 0.3) is 5.91 Å². The quantitative estimate of drug-likeness (QED) is 0.761. The van der Waals surface area contributed by atoms with E-state index in [-0.39, 0.29) is 11.5 Å². The molecule has 2 heterocycles. The summed E-state index contributed by atoms with van der Waals surface area (Å²) >= 11 is 0. The van der Waals surface area contributed by atoms with Gasteiger partial charge >= 0.3 is 0 Å². The highest BCUT2D eigenvalue weighted by atomic mass is 16.4. The van der Waals surface area contributed by atoms with Gasteiger partial charge in [0.05, 0.1) is 0 Å². The van der Waals surface area contributed by atoms with Crippen LogP contribution in [-0.4, -0.2) is 21.1 Å². The molecule has 0 spiro atoms. The van der Waals surface area contributed by atoms with Gasteiger partial charge < -0.3 is 14.7 Å². The fourth-order valence-electron chi connectivity index (χ4n) is 1.78. The Morgan fingerprint density at radius 2 is 2.00 bits per heavy atom. The van der Waals surface area contributed by atoms with Gasteiger partial charge in [0.1, 0.15) is 0 Å². The number of aromatic amines is 1. The minimum atomic E-state index is -0.355. The molecular weight excluding hydrogens is 272 g/mol. The van der Waals surface area contributed by atoms with Crippen LogP contribution < -0.4 is 10.9 Å². The maximum Gasteiger partial charge on any atom is 0.255 e. The van der Waals surface area contributed by atoms with Crippen LogP contribution in [0.1, 0.15) is 10.4 Å². The van der Waals surface area contributed by atoms with Crippen molar-refractivity contribution in [2.45, 2.75) is 0 Å². The molecule has 1 amide bonds. The molecular formula is C14H10N4O3. The van der Waals surface area contributed by atoms with Crippen LogP contribution in [0.15, 0.2) is 58.2 Å². The Bertz CT molecular complexity index is 807. The Morgan fingerprint density at radius 3 is 2.67 bits per heavy atom. The fraction of sp³-hybridized carbons (Fsp3) is 0. The van der Waals surface area contributed by atoms with E-state index in [1.807, 2.05) is 0 Å². The van der Waals surface area contributed by atoms with Crippen LogP contribution >= 0.6 is 0 Å². The van der Waals surface area contributed by atoms with Crippen LogP contribution in [0.5, 0.6) is 0 Å². The van der Waals surface area contributed by atoms with Gasteiger partial charge in [0.2, 0.25) is 17.8 Å². The molecule has 3 aromatic rings. The molecule has 0 aliphatic heterocycles. The summed E-state index contributed by atoms with van der Waals surface area (Å²) < 4.78 is 5.08. The molecule has 0 unspecified atom stereocenters. The van der Waals surface area contributed by atoms with Crippen molar-refractivity contribution in [3.63, 3.8) is 0 Å². The minimum absolute atomic E-state index is 0.291. The molecule has 0 atom stereocenters. The second-order valence-electron chi connectivity index (χ2n) is 4.22. The van der Waals surface area contributed by atoms with Gasteiger partial charge in [-0.15, -0.1) is 10.2 Å². The molecule has 7 nitrogen and oxygen atoms in total. The first-order valence-electron chi connectivity index (χ1n) is 6.09. The zero-order valence-electron chi connectivity index (χ0n) is 10.7. The average Bonchev–Trinajstić information content (AvgIpc) is 3.02. The number of pyridine rings is 1. The third-order valence-electron chi connectivity index (χ3n) is 2.79. The van der Waals surface area contributed by atoms with E-state index < -0.39 is 0 Å². The zero-order chi connectivity index (χ0) is 14.7. The second-order valence-corrected chi connectivity index (χ2v) is 4.22. The van der Waals surface area contributed by atoms with Crippen molar-refractivity contribution in [1.29, 1.82) is 0 Å². The normalized spacial score (nSPS) is 10.3. The summed E-state index contributed by atoms with van der Waals surface area (Å²) in [5, 5.41) is 10.1. The predicted molar refractivity (Wildman–Crippen MR) is 74.7 cm³/mol. The molecule has 0 saturated carbocycles. The average molecular weight is 282 g/mol. The van der Waals surface area contributed by atoms with Gasteiger partial charge in [0, 0.05) is 29.1 Å². The lowest BCUT2D eigenvalue weighted by atomic mass is 10.2. The molecule has 104 valence electrons. The number of rotatable bonds is 3. The molecule has 3 rings (SSSR count). The van der Waals surface area contributed by atoms with E-state index in [2.05, 4.69) is 20.5 Å². The summed E-state index contributed by atoms with van der Waals surface area (Å²) in [7, 11) is 0. The SMILES string of the molecule is O=C(Nc1ccc(-c2nnco2)cc1)c1cc[nH]c(=O)c1. The molecule has 0 radical (unpaired) electrons. The number of carbonyl (C=O) groups excluding carboxylic acids is 1. The lowest BCUT2D eigenvalue weighted by Crippen LogP contribution is -2.15. The number of nitrogens with one attached hydrogen (secondary N) is 2. The van der Waals surface area contributed by atoms with Crippen molar-refractivity contribution in [1.82, 2.24) is 15.2 Å². The predicted octanol–water partition coefficient (Wildman–Crippen LogP) is 1.68. The number of anilines is 1. The first-order valence-corrected chi connectivity index (χ1v) is 6.09. The number of carbonyl (C=O) groups is 1. The van der Waals surface area contributed by atoms with Crippen LogP contribution in [0, 0.1) is 0 Å². The minimum Gasteiger partial charge on any atom is -0.423 e. The van der Waals surface area contributed by atoms with Crippen LogP contribution in [0.25, 0.3) is 11.5 Å². The molecule has 0 aliphatic rings. The van der Waals surface area contributed by atoms with Crippen molar-refractivity contribution in [3.8, 4) is 11.5 Å². The lowest BCUT2D eigenvalue weighted by molar-refractivity contribution is 0.102. The van der Waals surface area contributed by atoms with Crippen molar-refractivity contribution in [2.75, 3.05) is 5.32 Å². The van der Waals surface area contributed by atoms with Gasteiger partial charge in [-0.1, -0.05) is 0 Å². The maximum atomic E-state index is 12.0. The topological polar surface area (TPSA) is 101 Å². The van der Waals surface area contributed by atoms with Crippen molar-refractivity contribution in [3.05, 3.63) is 64.9 Å². The van der Waals surface area contributed by atoms with Crippen molar-refractivity contribution >= 4 is 11.6 Å². The van der Waals surface area contributed by atoms with Crippen LogP contribution in [-0.2, 0) is 0 Å². The number of nitrogens with zero attached hydrogens (tertiary/aromatic N) is 2. The van der Waals surface area contributed by atoms with Gasteiger partial charge in [-0.05, 0) is 30.3 Å². The first-order chi connectivity index (χ1) is 10.2. The van der Waals surface area contributed by atoms with Crippen molar-refractivity contribution in [2.24, 2.45) is 0 Å². The van der Waals surface area contributed by atoms with E-state index in [1.54, 1.807) is 24.3 Å². The summed E-state index contributed by atoms with van der Waals surface area (Å²) in [4.78, 5) is 25.6. The van der Waals surface area contributed by atoms with Crippen molar-refractivity contribution < 1.29 is 9.21 Å². The summed E-state index contributed by atoms with van der Waals surface area (Å²) in [6, 6.07) is 9.70. The Hall–Kier alpha value is -3.22. The Balaban J connectivity index is 1.76. The molecule has 0 bridgehead atoms. The number of amides is 1. The smallest absolute Gasteiger partial charge is 0.255 e. The second kappa shape index (κ2) is 5.41. The third-order valence-corrected chi connectivity index (χ3v) is 2.79. The Labute approximate surface area is 118 Å². The van der Waals surface area contributed by atoms with E-state index in [0.717, 1.165) is 5.56 Å². The van der Waals surface area contributed by atoms with Gasteiger partial charge in [-0.25, -0.2) is 0 Å². The molecule has 21 heavy (non-hydrogen) atoms. The van der Waals surface area contributed by atoms with Gasteiger partial charge in [0.15, 0.2) is 0 Å². The third kappa shape index (κ3) is 2.86. The van der Waals surface area contributed by atoms with E-state index >= 15 is 0 Å². The van der Waals surface area contributed by atoms with E-state index in [0.29, 0.717) is 17.1 Å². The highest BCUT2D eigenvalue weighted by molar-refractivity contribution is 6.04. The maximum absolute atomic E-state index is 12.0. The first kappa shape index (κ1) is 12.8. The highest BCUT2D eigenvalue weighted by Crippen LogP contribution is 2.19. The van der Waals surface area contributed by atoms with Gasteiger partial charge in [-0.3, -0.25) is 9.59 Å². The van der Waals surface area contributed by atoms with E-state index in [4.69, 9.17) is 4.42 Å². The van der Waals surface area contributed by atoms with E-state index in [1.165, 1.54) is 24.7 Å². The number of hydrogen-bond acceptors (Lipinski definition) is 5. The van der Waals surface area contributed by atoms with Gasteiger partial charge in [-0.2, -0.15) is 0 Å². The molecule has 0 saturated heterocycles. The molecule has 2 aromatic heterocycles. The monoisotopic (exact) mass is 282 g/mol. The summed E-state index contributed by atoms with van der Waals surface area (Å²) in [5.41, 5.74) is 1.32. The number of aromatic nitrogens is 3. The Kier molecular flexibility index (Phi) is 3.30. The summed E-state index contributed by atoms with van der Waals surface area (Å²) in [6.07, 6.45) is 2.67. The Morgan fingerprint density at radius 1 is 1.19 bits per heavy atom. The number of hydrogen-bond donors (Lipinski definition) is 2. The van der Waals surface area contributed by atoms with Crippen LogP contribution in [0.4, 0.5) is 5.69 Å². The van der Waals surface area contributed by atoms with E-state index in [9.17, 15) is 9.59 Å². The lowest BCUT2D eigenvalue weighted by Gasteiger charge is -2.05. The zero-order valence-corrected chi connectivity index (χ0v) is 10.7. The van der Waals surface area contributed by atoms with Crippen LogP contribution in [0.2, 0.25) is 0 Å². The fourth-order valence-corrected chi connectivity index (χ4v) is 1.78. The highest BCUT2D eigenvalue weighted by Gasteiger charge is 2.07. The number of benzene rings is 1. The molecule has 2 N–H and O–H groups in total. The molecule has 7 heteroatoms. The molecule has 0 aliphatic carbocycles. The molecule has 1 aromatic carbocycles. The summed E-state index contributed by atoms with van der Waals surface area (Å²) in [6.45, 7) is 0.